The number of hydrogen-bond acceptors (Lipinski definition) is 2. The first kappa shape index (κ1) is 10.4. The highest BCUT2D eigenvalue weighted by Crippen LogP contribution is 2.18. The van der Waals surface area contributed by atoms with Crippen LogP contribution in [0.2, 0.25) is 0 Å². The Kier molecular flexibility index (Phi) is 2.96. The maximum Gasteiger partial charge on any atom is 0.328 e. The third-order valence-electron chi connectivity index (χ3n) is 2.34. The van der Waals surface area contributed by atoms with Gasteiger partial charge in [0.15, 0.2) is 0 Å². The predicted molar refractivity (Wildman–Crippen MR) is 64.4 cm³/mol. The molecule has 1 aliphatic rings. The number of benzene rings is 1. The number of rotatable bonds is 3. The Hall–Kier alpha value is -2.16. The molecule has 1 aromatic rings. The summed E-state index contributed by atoms with van der Waals surface area (Å²) in [6.07, 6.45) is 6.49. The van der Waals surface area contributed by atoms with E-state index in [1.807, 2.05) is 30.3 Å². The highest BCUT2D eigenvalue weighted by molar-refractivity contribution is 5.90. The maximum atomic E-state index is 10.3. The summed E-state index contributed by atoms with van der Waals surface area (Å²) in [5.74, 6) is -0.934. The SMILES string of the molecule is O=C(O)/C=C/c1ccc(C2=CC=NC2)cc1. The van der Waals surface area contributed by atoms with Gasteiger partial charge >= 0.3 is 5.97 Å². The van der Waals surface area contributed by atoms with Gasteiger partial charge in [-0.3, -0.25) is 4.99 Å². The van der Waals surface area contributed by atoms with E-state index in [4.69, 9.17) is 5.11 Å². The Bertz CT molecular complexity index is 481. The summed E-state index contributed by atoms with van der Waals surface area (Å²) in [7, 11) is 0. The zero-order valence-corrected chi connectivity index (χ0v) is 8.63. The van der Waals surface area contributed by atoms with Crippen LogP contribution in [-0.4, -0.2) is 23.8 Å². The van der Waals surface area contributed by atoms with Crippen molar-refractivity contribution < 1.29 is 9.90 Å². The van der Waals surface area contributed by atoms with Crippen LogP contribution in [0.3, 0.4) is 0 Å². The number of aliphatic imine (C=N–C) groups is 1. The summed E-state index contributed by atoms with van der Waals surface area (Å²) in [4.78, 5) is 14.5. The molecular formula is C13H11NO2. The molecule has 1 aromatic carbocycles. The molecule has 0 aromatic heterocycles. The van der Waals surface area contributed by atoms with Crippen molar-refractivity contribution in [3.63, 3.8) is 0 Å². The number of hydrogen-bond donors (Lipinski definition) is 1. The van der Waals surface area contributed by atoms with Crippen LogP contribution in [0.5, 0.6) is 0 Å². The number of carboxylic acids is 1. The van der Waals surface area contributed by atoms with Crippen molar-refractivity contribution in [3.8, 4) is 0 Å². The molecule has 1 N–H and O–H groups in total. The molecule has 0 saturated carbocycles. The average Bonchev–Trinajstić information content (AvgIpc) is 2.80. The van der Waals surface area contributed by atoms with Crippen LogP contribution < -0.4 is 0 Å². The van der Waals surface area contributed by atoms with E-state index in [-0.39, 0.29) is 0 Å². The second kappa shape index (κ2) is 4.57. The van der Waals surface area contributed by atoms with Gasteiger partial charge in [0.2, 0.25) is 0 Å². The molecule has 0 spiro atoms. The quantitative estimate of drug-likeness (QED) is 0.783. The summed E-state index contributed by atoms with van der Waals surface area (Å²) >= 11 is 0. The van der Waals surface area contributed by atoms with Crippen LogP contribution >= 0.6 is 0 Å². The molecule has 0 aliphatic carbocycles. The Labute approximate surface area is 93.5 Å². The molecule has 0 atom stereocenters. The number of carbonyl (C=O) groups is 1. The minimum atomic E-state index is -0.934. The normalized spacial score (nSPS) is 14.4. The van der Waals surface area contributed by atoms with E-state index >= 15 is 0 Å². The van der Waals surface area contributed by atoms with E-state index in [0.29, 0.717) is 0 Å². The minimum absolute atomic E-state index is 0.726. The smallest absolute Gasteiger partial charge is 0.328 e. The van der Waals surface area contributed by atoms with Crippen molar-refractivity contribution in [3.05, 3.63) is 47.5 Å². The van der Waals surface area contributed by atoms with Crippen LogP contribution in [0.15, 0.2) is 41.4 Å². The molecular weight excluding hydrogens is 202 g/mol. The van der Waals surface area contributed by atoms with Gasteiger partial charge < -0.3 is 5.11 Å². The molecule has 0 saturated heterocycles. The first-order valence-electron chi connectivity index (χ1n) is 4.96. The Morgan fingerprint density at radius 3 is 2.62 bits per heavy atom. The second-order valence-corrected chi connectivity index (χ2v) is 3.48. The molecule has 0 radical (unpaired) electrons. The first-order chi connectivity index (χ1) is 7.75. The van der Waals surface area contributed by atoms with E-state index in [9.17, 15) is 4.79 Å². The summed E-state index contributed by atoms with van der Waals surface area (Å²) in [5, 5.41) is 8.49. The summed E-state index contributed by atoms with van der Waals surface area (Å²) < 4.78 is 0. The molecule has 1 heterocycles. The fourth-order valence-electron chi connectivity index (χ4n) is 1.51. The van der Waals surface area contributed by atoms with Crippen molar-refractivity contribution in [1.82, 2.24) is 0 Å². The van der Waals surface area contributed by atoms with Gasteiger partial charge in [-0.2, -0.15) is 0 Å². The lowest BCUT2D eigenvalue weighted by Gasteiger charge is -2.01. The Balaban J connectivity index is 2.13. The zero-order valence-electron chi connectivity index (χ0n) is 8.63. The largest absolute Gasteiger partial charge is 0.478 e. The van der Waals surface area contributed by atoms with E-state index < -0.39 is 5.97 Å². The highest BCUT2D eigenvalue weighted by Gasteiger charge is 2.02. The fraction of sp³-hybridized carbons (Fsp3) is 0.0769. The number of allylic oxidation sites excluding steroid dienone is 1. The van der Waals surface area contributed by atoms with Crippen molar-refractivity contribution in [2.45, 2.75) is 0 Å². The molecule has 3 heteroatoms. The molecule has 0 amide bonds. The van der Waals surface area contributed by atoms with E-state index in [0.717, 1.165) is 23.7 Å². The molecule has 1 aliphatic heterocycles. The van der Waals surface area contributed by atoms with E-state index in [2.05, 4.69) is 4.99 Å². The van der Waals surface area contributed by atoms with E-state index in [1.165, 1.54) is 5.57 Å². The number of aliphatic carboxylic acids is 1. The Morgan fingerprint density at radius 2 is 2.06 bits per heavy atom. The second-order valence-electron chi connectivity index (χ2n) is 3.48. The van der Waals surface area contributed by atoms with Crippen molar-refractivity contribution >= 4 is 23.8 Å². The lowest BCUT2D eigenvalue weighted by atomic mass is 10.0. The number of nitrogens with zero attached hydrogens (tertiary/aromatic N) is 1. The number of carboxylic acid groups (broad SMARTS) is 1. The molecule has 0 bridgehead atoms. The molecule has 16 heavy (non-hydrogen) atoms. The van der Waals surface area contributed by atoms with Crippen LogP contribution in [0.25, 0.3) is 11.6 Å². The van der Waals surface area contributed by atoms with Gasteiger partial charge in [0.1, 0.15) is 0 Å². The van der Waals surface area contributed by atoms with Gasteiger partial charge in [-0.25, -0.2) is 4.79 Å². The van der Waals surface area contributed by atoms with Crippen molar-refractivity contribution in [1.29, 1.82) is 0 Å². The maximum absolute atomic E-state index is 10.3. The molecule has 0 unspecified atom stereocenters. The zero-order chi connectivity index (χ0) is 11.4. The van der Waals surface area contributed by atoms with Crippen molar-refractivity contribution in [2.24, 2.45) is 4.99 Å². The third-order valence-corrected chi connectivity index (χ3v) is 2.34. The standard InChI is InChI=1S/C13H11NO2/c15-13(16)6-3-10-1-4-11(5-2-10)12-7-8-14-9-12/h1-8H,9H2,(H,15,16)/b6-3+. The summed E-state index contributed by atoms with van der Waals surface area (Å²) in [6, 6.07) is 7.74. The van der Waals surface area contributed by atoms with Crippen LogP contribution in [0, 0.1) is 0 Å². The van der Waals surface area contributed by atoms with Crippen molar-refractivity contribution in [2.75, 3.05) is 6.54 Å². The fourth-order valence-corrected chi connectivity index (χ4v) is 1.51. The summed E-state index contributed by atoms with van der Waals surface area (Å²) in [5.41, 5.74) is 3.20. The molecule has 3 nitrogen and oxygen atoms in total. The van der Waals surface area contributed by atoms with Gasteiger partial charge in [0, 0.05) is 12.3 Å². The lowest BCUT2D eigenvalue weighted by Crippen LogP contribution is -1.87. The van der Waals surface area contributed by atoms with Gasteiger partial charge in [-0.05, 0) is 28.9 Å². The van der Waals surface area contributed by atoms with Crippen LogP contribution in [0.4, 0.5) is 0 Å². The minimum Gasteiger partial charge on any atom is -0.478 e. The van der Waals surface area contributed by atoms with Gasteiger partial charge in [-0.15, -0.1) is 0 Å². The topological polar surface area (TPSA) is 49.7 Å². The van der Waals surface area contributed by atoms with Gasteiger partial charge in [0.05, 0.1) is 6.54 Å². The molecule has 2 rings (SSSR count). The van der Waals surface area contributed by atoms with Crippen LogP contribution in [0.1, 0.15) is 11.1 Å². The lowest BCUT2D eigenvalue weighted by molar-refractivity contribution is -0.131. The van der Waals surface area contributed by atoms with Gasteiger partial charge in [0.25, 0.3) is 0 Å². The highest BCUT2D eigenvalue weighted by atomic mass is 16.4. The Morgan fingerprint density at radius 1 is 1.31 bits per heavy atom. The predicted octanol–water partition coefficient (Wildman–Crippen LogP) is 2.25. The van der Waals surface area contributed by atoms with E-state index in [1.54, 1.807) is 12.3 Å². The summed E-state index contributed by atoms with van der Waals surface area (Å²) in [6.45, 7) is 0.726. The van der Waals surface area contributed by atoms with Crippen LogP contribution in [-0.2, 0) is 4.79 Å². The first-order valence-corrected chi connectivity index (χ1v) is 4.96. The molecule has 0 fully saturated rings. The molecule has 80 valence electrons. The monoisotopic (exact) mass is 213 g/mol. The third kappa shape index (κ3) is 2.45. The van der Waals surface area contributed by atoms with Gasteiger partial charge in [-0.1, -0.05) is 24.3 Å². The average molecular weight is 213 g/mol.